The molecule has 0 saturated heterocycles. The fourth-order valence-corrected chi connectivity index (χ4v) is 2.66. The Hall–Kier alpha value is -1.50. The van der Waals surface area contributed by atoms with Crippen molar-refractivity contribution in [1.29, 1.82) is 0 Å². The minimum atomic E-state index is 0.299. The highest BCUT2D eigenvalue weighted by Crippen LogP contribution is 2.19. The highest BCUT2D eigenvalue weighted by atomic mass is 79.9. The van der Waals surface area contributed by atoms with Crippen molar-refractivity contribution in [1.82, 2.24) is 19.7 Å². The van der Waals surface area contributed by atoms with Crippen LogP contribution in [-0.4, -0.2) is 19.7 Å². The van der Waals surface area contributed by atoms with E-state index in [0.29, 0.717) is 29.8 Å². The summed E-state index contributed by atoms with van der Waals surface area (Å²) in [6.07, 6.45) is 1.66. The lowest BCUT2D eigenvalue weighted by molar-refractivity contribution is 0.102. The second-order valence-corrected chi connectivity index (χ2v) is 5.83. The fraction of sp³-hybridized carbons (Fsp3) is 0.214. The number of fused-ring (bicyclic) bond motifs is 1. The van der Waals surface area contributed by atoms with E-state index >= 15 is 0 Å². The average Bonchev–Trinajstić information content (AvgIpc) is 2.81. The first-order valence-electron chi connectivity index (χ1n) is 6.30. The van der Waals surface area contributed by atoms with Crippen LogP contribution < -0.4 is 0 Å². The van der Waals surface area contributed by atoms with E-state index in [2.05, 4.69) is 31.0 Å². The molecule has 2 heterocycles. The van der Waals surface area contributed by atoms with Crippen LogP contribution in [0.5, 0.6) is 0 Å². The van der Waals surface area contributed by atoms with Crippen LogP contribution in [0.15, 0.2) is 34.9 Å². The van der Waals surface area contributed by atoms with E-state index in [9.17, 15) is 0 Å². The predicted octanol–water partition coefficient (Wildman–Crippen LogP) is 3.50. The van der Waals surface area contributed by atoms with Gasteiger partial charge in [0.05, 0.1) is 18.2 Å². The molecular weight excluding hydrogens is 356 g/mol. The van der Waals surface area contributed by atoms with Gasteiger partial charge in [-0.25, -0.2) is 9.97 Å². The third kappa shape index (κ3) is 3.23. The van der Waals surface area contributed by atoms with Crippen LogP contribution in [0, 0.1) is 0 Å². The van der Waals surface area contributed by atoms with Crippen LogP contribution in [0.3, 0.4) is 0 Å². The largest absolute Gasteiger partial charge is 0.369 e. The van der Waals surface area contributed by atoms with E-state index in [-0.39, 0.29) is 0 Å². The molecule has 2 aromatic heterocycles. The fourth-order valence-electron chi connectivity index (χ4n) is 1.98. The van der Waals surface area contributed by atoms with Crippen molar-refractivity contribution in [2.75, 3.05) is 0 Å². The molecule has 108 valence electrons. The molecule has 1 aromatic carbocycles. The van der Waals surface area contributed by atoms with Gasteiger partial charge in [-0.05, 0) is 17.7 Å². The van der Waals surface area contributed by atoms with Gasteiger partial charge in [-0.15, -0.1) is 0 Å². The summed E-state index contributed by atoms with van der Waals surface area (Å²) in [7, 11) is 1.82. The van der Waals surface area contributed by atoms with Gasteiger partial charge in [-0.3, -0.25) is 4.68 Å². The molecule has 0 aliphatic heterocycles. The van der Waals surface area contributed by atoms with Crippen molar-refractivity contribution in [2.24, 2.45) is 7.05 Å². The number of rotatable bonds is 4. The lowest BCUT2D eigenvalue weighted by Gasteiger charge is -2.05. The molecule has 3 rings (SSSR count). The number of hydrogen-bond donors (Lipinski definition) is 0. The lowest BCUT2D eigenvalue weighted by atomic mass is 10.2. The minimum Gasteiger partial charge on any atom is -0.369 e. The molecule has 0 N–H and O–H groups in total. The smallest absolute Gasteiger partial charge is 0.162 e. The van der Waals surface area contributed by atoms with Gasteiger partial charge in [0.1, 0.15) is 11.8 Å². The normalized spacial score (nSPS) is 11.2. The van der Waals surface area contributed by atoms with Crippen molar-refractivity contribution in [3.63, 3.8) is 0 Å². The van der Waals surface area contributed by atoms with Crippen LogP contribution in [0.25, 0.3) is 11.0 Å². The Morgan fingerprint density at radius 1 is 1.29 bits per heavy atom. The Morgan fingerprint density at radius 2 is 2.14 bits per heavy atom. The molecule has 7 heteroatoms. The highest BCUT2D eigenvalue weighted by molar-refractivity contribution is 9.10. The lowest BCUT2D eigenvalue weighted by Crippen LogP contribution is -2.02. The van der Waals surface area contributed by atoms with Crippen molar-refractivity contribution in [2.45, 2.75) is 13.2 Å². The van der Waals surface area contributed by atoms with E-state index in [1.807, 2.05) is 31.3 Å². The molecule has 0 unspecified atom stereocenters. The SMILES string of the molecule is Cn1ncc2c(Cl)nc(COCc3cccc(Br)c3)nc21. The zero-order valence-corrected chi connectivity index (χ0v) is 13.6. The molecular formula is C14H12BrClN4O. The summed E-state index contributed by atoms with van der Waals surface area (Å²) in [6.45, 7) is 0.789. The number of benzene rings is 1. The summed E-state index contributed by atoms with van der Waals surface area (Å²) in [5.41, 5.74) is 1.79. The second kappa shape index (κ2) is 6.09. The van der Waals surface area contributed by atoms with Crippen molar-refractivity contribution >= 4 is 38.6 Å². The van der Waals surface area contributed by atoms with E-state index < -0.39 is 0 Å². The number of nitrogens with zero attached hydrogens (tertiary/aromatic N) is 4. The third-order valence-electron chi connectivity index (χ3n) is 2.98. The molecule has 0 bridgehead atoms. The summed E-state index contributed by atoms with van der Waals surface area (Å²) in [5.74, 6) is 0.547. The quantitative estimate of drug-likeness (QED) is 0.662. The maximum absolute atomic E-state index is 6.13. The van der Waals surface area contributed by atoms with Crippen molar-refractivity contribution in [3.05, 3.63) is 51.5 Å². The second-order valence-electron chi connectivity index (χ2n) is 4.56. The highest BCUT2D eigenvalue weighted by Gasteiger charge is 2.09. The zero-order valence-electron chi connectivity index (χ0n) is 11.3. The number of hydrogen-bond acceptors (Lipinski definition) is 4. The molecule has 21 heavy (non-hydrogen) atoms. The van der Waals surface area contributed by atoms with Crippen molar-refractivity contribution in [3.8, 4) is 0 Å². The first kappa shape index (κ1) is 14.4. The van der Waals surface area contributed by atoms with Gasteiger partial charge in [0.15, 0.2) is 11.5 Å². The van der Waals surface area contributed by atoms with Gasteiger partial charge < -0.3 is 4.74 Å². The van der Waals surface area contributed by atoms with Crippen LogP contribution >= 0.6 is 27.5 Å². The van der Waals surface area contributed by atoms with E-state index in [1.54, 1.807) is 10.9 Å². The van der Waals surface area contributed by atoms with E-state index in [0.717, 1.165) is 15.4 Å². The van der Waals surface area contributed by atoms with Crippen LogP contribution in [0.1, 0.15) is 11.4 Å². The first-order valence-corrected chi connectivity index (χ1v) is 7.47. The molecule has 0 fully saturated rings. The number of halogens is 2. The average molecular weight is 368 g/mol. The molecule has 0 aliphatic rings. The monoisotopic (exact) mass is 366 g/mol. The molecule has 0 spiro atoms. The summed E-state index contributed by atoms with van der Waals surface area (Å²) < 4.78 is 8.34. The van der Waals surface area contributed by atoms with Gasteiger partial charge in [-0.2, -0.15) is 5.10 Å². The molecule has 0 saturated carbocycles. The third-order valence-corrected chi connectivity index (χ3v) is 3.76. The Balaban J connectivity index is 1.72. The van der Waals surface area contributed by atoms with Gasteiger partial charge in [0, 0.05) is 11.5 Å². The zero-order chi connectivity index (χ0) is 14.8. The first-order chi connectivity index (χ1) is 10.1. The Bertz CT molecular complexity index is 790. The van der Waals surface area contributed by atoms with Gasteiger partial charge in [0.2, 0.25) is 0 Å². The molecule has 3 aromatic rings. The number of aryl methyl sites for hydroxylation is 1. The number of ether oxygens (including phenoxy) is 1. The minimum absolute atomic E-state index is 0.299. The Morgan fingerprint density at radius 3 is 2.95 bits per heavy atom. The maximum Gasteiger partial charge on any atom is 0.162 e. The van der Waals surface area contributed by atoms with E-state index in [1.165, 1.54) is 0 Å². The van der Waals surface area contributed by atoms with E-state index in [4.69, 9.17) is 16.3 Å². The Kier molecular flexibility index (Phi) is 4.19. The molecule has 0 aliphatic carbocycles. The summed E-state index contributed by atoms with van der Waals surface area (Å²) >= 11 is 9.56. The van der Waals surface area contributed by atoms with Gasteiger partial charge in [0.25, 0.3) is 0 Å². The van der Waals surface area contributed by atoms with Crippen LogP contribution in [-0.2, 0) is 25.0 Å². The summed E-state index contributed by atoms with van der Waals surface area (Å²) in [6, 6.07) is 7.96. The topological polar surface area (TPSA) is 52.8 Å². The maximum atomic E-state index is 6.13. The predicted molar refractivity (Wildman–Crippen MR) is 83.9 cm³/mol. The van der Waals surface area contributed by atoms with Gasteiger partial charge >= 0.3 is 0 Å². The molecule has 0 atom stereocenters. The summed E-state index contributed by atoms with van der Waals surface area (Å²) in [5, 5.41) is 5.26. The summed E-state index contributed by atoms with van der Waals surface area (Å²) in [4.78, 5) is 8.65. The Labute approximate surface area is 135 Å². The van der Waals surface area contributed by atoms with Crippen LogP contribution in [0.4, 0.5) is 0 Å². The van der Waals surface area contributed by atoms with Gasteiger partial charge in [-0.1, -0.05) is 39.7 Å². The molecule has 0 radical (unpaired) electrons. The van der Waals surface area contributed by atoms with Crippen LogP contribution in [0.2, 0.25) is 5.15 Å². The molecule has 0 amide bonds. The number of aromatic nitrogens is 4. The standard InChI is InChI=1S/C14H12BrClN4O/c1-20-14-11(6-17-20)13(16)18-12(19-14)8-21-7-9-3-2-4-10(15)5-9/h2-6H,7-8H2,1H3. The van der Waals surface area contributed by atoms with Crippen molar-refractivity contribution < 1.29 is 4.74 Å². The molecule has 5 nitrogen and oxygen atoms in total.